The number of nitrogens with zero attached hydrogens (tertiary/aromatic N) is 4. The first-order valence-corrected chi connectivity index (χ1v) is 10.9. The van der Waals surface area contributed by atoms with Gasteiger partial charge in [-0.15, -0.1) is 0 Å². The Morgan fingerprint density at radius 1 is 1.03 bits per heavy atom. The van der Waals surface area contributed by atoms with Gasteiger partial charge in [0, 0.05) is 50.1 Å². The molecule has 2 heterocycles. The lowest BCUT2D eigenvalue weighted by molar-refractivity contribution is -0.126. The molecule has 1 aromatic carbocycles. The zero-order valence-corrected chi connectivity index (χ0v) is 18.2. The Kier molecular flexibility index (Phi) is 6.55. The lowest BCUT2D eigenvalue weighted by Gasteiger charge is -2.20. The highest BCUT2D eigenvalue weighted by Gasteiger charge is 2.20. The van der Waals surface area contributed by atoms with Crippen LogP contribution in [0.2, 0.25) is 0 Å². The minimum atomic E-state index is 0.180. The van der Waals surface area contributed by atoms with E-state index in [1.54, 1.807) is 6.20 Å². The topological polar surface area (TPSA) is 71.0 Å². The fourth-order valence-corrected chi connectivity index (χ4v) is 4.00. The van der Waals surface area contributed by atoms with Crippen molar-refractivity contribution in [3.05, 3.63) is 60.4 Å². The zero-order chi connectivity index (χ0) is 21.6. The van der Waals surface area contributed by atoms with Crippen LogP contribution in [0.15, 0.2) is 54.9 Å². The number of amides is 1. The van der Waals surface area contributed by atoms with Gasteiger partial charge in [0.1, 0.15) is 0 Å². The molecule has 6 nitrogen and oxygen atoms in total. The van der Waals surface area contributed by atoms with Crippen molar-refractivity contribution >= 4 is 11.9 Å². The molecule has 0 bridgehead atoms. The quantitative estimate of drug-likeness (QED) is 0.643. The lowest BCUT2D eigenvalue weighted by Crippen LogP contribution is -2.31. The molecule has 31 heavy (non-hydrogen) atoms. The van der Waals surface area contributed by atoms with Gasteiger partial charge in [-0.1, -0.05) is 49.6 Å². The summed E-state index contributed by atoms with van der Waals surface area (Å²) in [5.41, 5.74) is 4.65. The Labute approximate surface area is 183 Å². The molecule has 2 aromatic heterocycles. The first-order valence-electron chi connectivity index (χ1n) is 10.9. The Bertz CT molecular complexity index is 1010. The minimum Gasteiger partial charge on any atom is -0.352 e. The van der Waals surface area contributed by atoms with Crippen LogP contribution < -0.4 is 10.2 Å². The van der Waals surface area contributed by atoms with Crippen LogP contribution >= 0.6 is 0 Å². The maximum atomic E-state index is 12.4. The number of carbonyl (C=O) groups is 1. The van der Waals surface area contributed by atoms with E-state index >= 15 is 0 Å². The number of carbonyl (C=O) groups excluding carboxylic acids is 1. The minimum absolute atomic E-state index is 0.180. The summed E-state index contributed by atoms with van der Waals surface area (Å²) in [7, 11) is 3.86. The van der Waals surface area contributed by atoms with Crippen molar-refractivity contribution in [2.24, 2.45) is 5.92 Å². The van der Waals surface area contributed by atoms with E-state index < -0.39 is 0 Å². The molecule has 1 aliphatic carbocycles. The first kappa shape index (κ1) is 21.0. The van der Waals surface area contributed by atoms with E-state index in [4.69, 9.17) is 4.98 Å². The Morgan fingerprint density at radius 3 is 2.48 bits per heavy atom. The highest BCUT2D eigenvalue weighted by Crippen LogP contribution is 2.30. The molecule has 0 spiro atoms. The molecule has 3 aromatic rings. The van der Waals surface area contributed by atoms with E-state index in [1.807, 2.05) is 43.4 Å². The summed E-state index contributed by atoms with van der Waals surface area (Å²) >= 11 is 0. The predicted octanol–water partition coefficient (Wildman–Crippen LogP) is 4.47. The molecule has 0 atom stereocenters. The highest BCUT2D eigenvalue weighted by molar-refractivity contribution is 5.80. The van der Waals surface area contributed by atoms with Crippen LogP contribution in [-0.4, -0.2) is 35.0 Å². The van der Waals surface area contributed by atoms with Crippen molar-refractivity contribution in [2.45, 2.75) is 38.6 Å². The molecule has 0 aliphatic heterocycles. The lowest BCUT2D eigenvalue weighted by atomic mass is 9.88. The summed E-state index contributed by atoms with van der Waals surface area (Å²) in [6.45, 7) is 0.551. The highest BCUT2D eigenvalue weighted by atomic mass is 16.1. The molecular formula is C25H29N5O. The maximum Gasteiger partial charge on any atom is 0.225 e. The van der Waals surface area contributed by atoms with Crippen LogP contribution in [0.3, 0.4) is 0 Å². The Balaban J connectivity index is 1.54. The standard InChI is InChI=1S/C25H29N5O/c1-30(2)25-28-17-21(22-10-6-7-15-26-22)23(29-25)19-13-11-18(12-14-19)16-27-24(31)20-8-4-3-5-9-20/h6-7,10-15,17,20H,3-5,8-9,16H2,1-2H3,(H,27,31). The van der Waals surface area contributed by atoms with Gasteiger partial charge in [0.2, 0.25) is 11.9 Å². The van der Waals surface area contributed by atoms with E-state index in [1.165, 1.54) is 19.3 Å². The maximum absolute atomic E-state index is 12.4. The number of hydrogen-bond acceptors (Lipinski definition) is 5. The zero-order valence-electron chi connectivity index (χ0n) is 18.2. The van der Waals surface area contributed by atoms with Crippen molar-refractivity contribution in [2.75, 3.05) is 19.0 Å². The third-order valence-corrected chi connectivity index (χ3v) is 5.79. The smallest absolute Gasteiger partial charge is 0.225 e. The SMILES string of the molecule is CN(C)c1ncc(-c2ccccn2)c(-c2ccc(CNC(=O)C3CCCCC3)cc2)n1. The third-order valence-electron chi connectivity index (χ3n) is 5.79. The first-order chi connectivity index (χ1) is 15.1. The van der Waals surface area contributed by atoms with Crippen molar-refractivity contribution in [1.82, 2.24) is 20.3 Å². The Morgan fingerprint density at radius 2 is 1.81 bits per heavy atom. The van der Waals surface area contributed by atoms with Gasteiger partial charge < -0.3 is 10.2 Å². The third kappa shape index (κ3) is 5.08. The van der Waals surface area contributed by atoms with Gasteiger partial charge in [-0.3, -0.25) is 9.78 Å². The number of rotatable bonds is 6. The molecule has 1 aliphatic rings. The van der Waals surface area contributed by atoms with Crippen molar-refractivity contribution < 1.29 is 4.79 Å². The van der Waals surface area contributed by atoms with Gasteiger partial charge in [-0.2, -0.15) is 0 Å². The second kappa shape index (κ2) is 9.69. The number of aromatic nitrogens is 3. The second-order valence-electron chi connectivity index (χ2n) is 8.29. The van der Waals surface area contributed by atoms with E-state index in [0.717, 1.165) is 40.9 Å². The molecule has 1 amide bonds. The van der Waals surface area contributed by atoms with Crippen LogP contribution in [-0.2, 0) is 11.3 Å². The second-order valence-corrected chi connectivity index (χ2v) is 8.29. The molecule has 1 fully saturated rings. The fourth-order valence-electron chi connectivity index (χ4n) is 4.00. The molecule has 0 radical (unpaired) electrons. The molecule has 0 unspecified atom stereocenters. The van der Waals surface area contributed by atoms with Crippen molar-refractivity contribution in [1.29, 1.82) is 0 Å². The molecule has 160 valence electrons. The van der Waals surface area contributed by atoms with E-state index in [9.17, 15) is 4.79 Å². The average molecular weight is 416 g/mol. The van der Waals surface area contributed by atoms with Gasteiger partial charge in [0.25, 0.3) is 0 Å². The Hall–Kier alpha value is -3.28. The molecule has 1 saturated carbocycles. The number of pyridine rings is 1. The van der Waals surface area contributed by atoms with Crippen LogP contribution in [0.25, 0.3) is 22.5 Å². The number of hydrogen-bond donors (Lipinski definition) is 1. The van der Waals surface area contributed by atoms with Crippen LogP contribution in [0, 0.1) is 5.92 Å². The van der Waals surface area contributed by atoms with Gasteiger partial charge in [-0.05, 0) is 30.5 Å². The van der Waals surface area contributed by atoms with Crippen LogP contribution in [0.4, 0.5) is 5.95 Å². The summed E-state index contributed by atoms with van der Waals surface area (Å²) in [4.78, 5) is 28.1. The van der Waals surface area contributed by atoms with E-state index in [-0.39, 0.29) is 11.8 Å². The van der Waals surface area contributed by atoms with E-state index in [2.05, 4.69) is 39.6 Å². The van der Waals surface area contributed by atoms with Crippen molar-refractivity contribution in [3.63, 3.8) is 0 Å². The number of benzene rings is 1. The van der Waals surface area contributed by atoms with Crippen LogP contribution in [0.5, 0.6) is 0 Å². The monoisotopic (exact) mass is 415 g/mol. The van der Waals surface area contributed by atoms with E-state index in [0.29, 0.717) is 12.5 Å². The predicted molar refractivity (Wildman–Crippen MR) is 123 cm³/mol. The number of anilines is 1. The summed E-state index contributed by atoms with van der Waals surface area (Å²) in [6, 6.07) is 14.0. The normalized spacial score (nSPS) is 14.3. The average Bonchev–Trinajstić information content (AvgIpc) is 2.83. The molecule has 6 heteroatoms. The molecule has 1 N–H and O–H groups in total. The van der Waals surface area contributed by atoms with Gasteiger partial charge in [0.15, 0.2) is 0 Å². The molecular weight excluding hydrogens is 386 g/mol. The van der Waals surface area contributed by atoms with Gasteiger partial charge >= 0.3 is 0 Å². The van der Waals surface area contributed by atoms with Gasteiger partial charge in [0.05, 0.1) is 11.4 Å². The summed E-state index contributed by atoms with van der Waals surface area (Å²) in [5.74, 6) is 1.02. The molecule has 4 rings (SSSR count). The fraction of sp³-hybridized carbons (Fsp3) is 0.360. The summed E-state index contributed by atoms with van der Waals surface area (Å²) in [6.07, 6.45) is 9.23. The number of nitrogens with one attached hydrogen (secondary N) is 1. The van der Waals surface area contributed by atoms with Gasteiger partial charge in [-0.25, -0.2) is 9.97 Å². The van der Waals surface area contributed by atoms with Crippen LogP contribution in [0.1, 0.15) is 37.7 Å². The summed E-state index contributed by atoms with van der Waals surface area (Å²) in [5, 5.41) is 3.11. The molecule has 0 saturated heterocycles. The van der Waals surface area contributed by atoms with Crippen molar-refractivity contribution in [3.8, 4) is 22.5 Å². The summed E-state index contributed by atoms with van der Waals surface area (Å²) < 4.78 is 0. The largest absolute Gasteiger partial charge is 0.352 e.